The van der Waals surface area contributed by atoms with Crippen LogP contribution in [0.3, 0.4) is 0 Å². The third kappa shape index (κ3) is 1.96. The van der Waals surface area contributed by atoms with E-state index in [0.717, 1.165) is 0 Å². The number of nitriles is 1. The first-order valence-electron chi connectivity index (χ1n) is 3.48. The Bertz CT molecular complexity index is 363. The maximum atomic E-state index is 11.1. The number of anilines is 1. The lowest BCUT2D eigenvalue weighted by atomic mass is 10.4. The molecule has 0 atom stereocenters. The van der Waals surface area contributed by atoms with Crippen molar-refractivity contribution in [3.8, 4) is 6.07 Å². The van der Waals surface area contributed by atoms with E-state index in [0.29, 0.717) is 0 Å². The zero-order valence-electron chi connectivity index (χ0n) is 7.02. The average Bonchev–Trinajstić information content (AvgIpc) is 2.41. The minimum Gasteiger partial charge on any atom is -0.446 e. The van der Waals surface area contributed by atoms with Gasteiger partial charge in [-0.05, 0) is 0 Å². The number of carbonyl (C=O) groups is 1. The summed E-state index contributed by atoms with van der Waals surface area (Å²) >= 11 is 0. The second-order valence-corrected chi connectivity index (χ2v) is 2.31. The third-order valence-corrected chi connectivity index (χ3v) is 1.38. The summed E-state index contributed by atoms with van der Waals surface area (Å²) < 4.78 is 5.86. The van der Waals surface area contributed by atoms with Gasteiger partial charge in [-0.3, -0.25) is 4.68 Å². The van der Waals surface area contributed by atoms with E-state index < -0.39 is 5.97 Å². The molecule has 1 aromatic heterocycles. The van der Waals surface area contributed by atoms with Gasteiger partial charge in [-0.15, -0.1) is 0 Å². The highest BCUT2D eigenvalue weighted by Crippen LogP contribution is 2.05. The molecule has 0 aliphatic rings. The molecule has 0 spiro atoms. The molecule has 0 saturated heterocycles. The van der Waals surface area contributed by atoms with Crippen molar-refractivity contribution in [3.05, 3.63) is 11.8 Å². The van der Waals surface area contributed by atoms with E-state index in [4.69, 9.17) is 11.0 Å². The predicted octanol–water partition coefficient (Wildman–Crippen LogP) is -0.317. The van der Waals surface area contributed by atoms with Crippen molar-refractivity contribution >= 4 is 11.8 Å². The van der Waals surface area contributed by atoms with Crippen LogP contribution in [0.4, 0.5) is 5.82 Å². The van der Waals surface area contributed by atoms with Gasteiger partial charge in [0, 0.05) is 13.1 Å². The van der Waals surface area contributed by atoms with Gasteiger partial charge in [0.2, 0.25) is 0 Å². The first-order chi connectivity index (χ1) is 6.15. The van der Waals surface area contributed by atoms with Crippen LogP contribution in [-0.2, 0) is 11.8 Å². The molecule has 13 heavy (non-hydrogen) atoms. The van der Waals surface area contributed by atoms with Crippen LogP contribution in [0.5, 0.6) is 0 Å². The fourth-order valence-corrected chi connectivity index (χ4v) is 0.852. The zero-order chi connectivity index (χ0) is 9.84. The average molecular weight is 180 g/mol. The Morgan fingerprint density at radius 2 is 2.62 bits per heavy atom. The Hall–Kier alpha value is -2.03. The molecule has 0 aliphatic heterocycles. The molecule has 0 aliphatic carbocycles. The van der Waals surface area contributed by atoms with Crippen molar-refractivity contribution in [2.75, 3.05) is 12.3 Å². The quantitative estimate of drug-likeness (QED) is 0.629. The molecule has 0 unspecified atom stereocenters. The third-order valence-electron chi connectivity index (χ3n) is 1.38. The number of esters is 1. The second-order valence-electron chi connectivity index (χ2n) is 2.31. The maximum absolute atomic E-state index is 11.1. The van der Waals surface area contributed by atoms with Gasteiger partial charge < -0.3 is 10.5 Å². The molecular formula is C7H8N4O2. The van der Waals surface area contributed by atoms with Crippen LogP contribution >= 0.6 is 0 Å². The number of carbonyl (C=O) groups excluding carboxylic acids is 1. The highest BCUT2D eigenvalue weighted by molar-refractivity contribution is 5.88. The molecule has 6 heteroatoms. The molecule has 1 heterocycles. The van der Waals surface area contributed by atoms with Gasteiger partial charge in [-0.25, -0.2) is 4.79 Å². The summed E-state index contributed by atoms with van der Waals surface area (Å²) in [7, 11) is 1.57. The van der Waals surface area contributed by atoms with E-state index in [-0.39, 0.29) is 18.1 Å². The van der Waals surface area contributed by atoms with Crippen LogP contribution in [0.25, 0.3) is 0 Å². The van der Waals surface area contributed by atoms with Gasteiger partial charge in [0.25, 0.3) is 0 Å². The summed E-state index contributed by atoms with van der Waals surface area (Å²) in [6.07, 6.45) is 0. The van der Waals surface area contributed by atoms with Crippen LogP contribution in [0.1, 0.15) is 10.5 Å². The summed E-state index contributed by atoms with van der Waals surface area (Å²) in [4.78, 5) is 11.1. The summed E-state index contributed by atoms with van der Waals surface area (Å²) in [5.41, 5.74) is 5.57. The number of aromatic nitrogens is 2. The SMILES string of the molecule is Cn1nc(N)cc1C(=O)OCC#N. The van der Waals surface area contributed by atoms with E-state index >= 15 is 0 Å². The van der Waals surface area contributed by atoms with Crippen LogP contribution in [0.2, 0.25) is 0 Å². The minimum absolute atomic E-state index is 0.229. The number of aryl methyl sites for hydroxylation is 1. The standard InChI is InChI=1S/C7H8N4O2/c1-11-5(4-6(9)10-11)7(12)13-3-2-8/h4H,3H2,1H3,(H2,9,10). The maximum Gasteiger partial charge on any atom is 0.357 e. The predicted molar refractivity (Wildman–Crippen MR) is 43.5 cm³/mol. The lowest BCUT2D eigenvalue weighted by Gasteiger charge is -1.98. The number of hydrogen-bond acceptors (Lipinski definition) is 5. The van der Waals surface area contributed by atoms with Gasteiger partial charge >= 0.3 is 5.97 Å². The largest absolute Gasteiger partial charge is 0.446 e. The van der Waals surface area contributed by atoms with Crippen molar-refractivity contribution < 1.29 is 9.53 Å². The Balaban J connectivity index is 2.78. The van der Waals surface area contributed by atoms with Gasteiger partial charge in [0.05, 0.1) is 0 Å². The number of ether oxygens (including phenoxy) is 1. The summed E-state index contributed by atoms with van der Waals surface area (Å²) in [6, 6.07) is 3.08. The molecule has 0 aromatic carbocycles. The van der Waals surface area contributed by atoms with Crippen LogP contribution in [0.15, 0.2) is 6.07 Å². The lowest BCUT2D eigenvalue weighted by Crippen LogP contribution is -2.10. The molecule has 0 bridgehead atoms. The number of nitrogen functional groups attached to an aromatic ring is 1. The molecule has 0 saturated carbocycles. The Morgan fingerprint density at radius 3 is 3.08 bits per heavy atom. The molecule has 6 nitrogen and oxygen atoms in total. The van der Waals surface area contributed by atoms with E-state index in [9.17, 15) is 4.79 Å². The minimum atomic E-state index is -0.603. The normalized spacial score (nSPS) is 9.23. The number of rotatable bonds is 2. The number of nitrogens with two attached hydrogens (primary N) is 1. The lowest BCUT2D eigenvalue weighted by molar-refractivity contribution is 0.0542. The summed E-state index contributed by atoms with van der Waals surface area (Å²) in [6.45, 7) is -0.274. The van der Waals surface area contributed by atoms with E-state index in [1.165, 1.54) is 10.7 Å². The topological polar surface area (TPSA) is 93.9 Å². The monoisotopic (exact) mass is 180 g/mol. The molecule has 1 aromatic rings. The second kappa shape index (κ2) is 3.58. The van der Waals surface area contributed by atoms with Crippen molar-refractivity contribution in [2.45, 2.75) is 0 Å². The van der Waals surface area contributed by atoms with E-state index in [2.05, 4.69) is 9.84 Å². The van der Waals surface area contributed by atoms with Crippen LogP contribution in [-0.4, -0.2) is 22.4 Å². The molecule has 0 amide bonds. The van der Waals surface area contributed by atoms with Gasteiger partial charge in [0.1, 0.15) is 17.6 Å². The van der Waals surface area contributed by atoms with Crippen LogP contribution < -0.4 is 5.73 Å². The molecule has 68 valence electrons. The molecule has 1 rings (SSSR count). The van der Waals surface area contributed by atoms with Gasteiger partial charge in [0.15, 0.2) is 6.61 Å². The fourth-order valence-electron chi connectivity index (χ4n) is 0.852. The Labute approximate surface area is 74.5 Å². The molecule has 0 fully saturated rings. The fraction of sp³-hybridized carbons (Fsp3) is 0.286. The van der Waals surface area contributed by atoms with E-state index in [1.54, 1.807) is 13.1 Å². The van der Waals surface area contributed by atoms with Gasteiger partial charge in [-0.1, -0.05) is 0 Å². The summed E-state index contributed by atoms with van der Waals surface area (Å²) in [5.74, 6) is -0.361. The zero-order valence-corrected chi connectivity index (χ0v) is 7.02. The van der Waals surface area contributed by atoms with Crippen LogP contribution in [0, 0.1) is 11.3 Å². The molecular weight excluding hydrogens is 172 g/mol. The van der Waals surface area contributed by atoms with Crippen molar-refractivity contribution in [1.82, 2.24) is 9.78 Å². The first-order valence-corrected chi connectivity index (χ1v) is 3.48. The van der Waals surface area contributed by atoms with E-state index in [1.807, 2.05) is 0 Å². The highest BCUT2D eigenvalue weighted by atomic mass is 16.5. The Morgan fingerprint density at radius 1 is 1.92 bits per heavy atom. The van der Waals surface area contributed by atoms with Gasteiger partial charge in [-0.2, -0.15) is 10.4 Å². The van der Waals surface area contributed by atoms with Crippen molar-refractivity contribution in [3.63, 3.8) is 0 Å². The highest BCUT2D eigenvalue weighted by Gasteiger charge is 2.12. The Kier molecular flexibility index (Phi) is 2.50. The molecule has 2 N–H and O–H groups in total. The van der Waals surface area contributed by atoms with Crippen molar-refractivity contribution in [1.29, 1.82) is 5.26 Å². The molecule has 0 radical (unpaired) electrons. The number of hydrogen-bond donors (Lipinski definition) is 1. The first kappa shape index (κ1) is 9.06. The smallest absolute Gasteiger partial charge is 0.357 e. The number of nitrogens with zero attached hydrogens (tertiary/aromatic N) is 3. The van der Waals surface area contributed by atoms with Crippen molar-refractivity contribution in [2.24, 2.45) is 7.05 Å². The summed E-state index contributed by atoms with van der Waals surface area (Å²) in [5, 5.41) is 11.9.